The molecule has 17 heavy (non-hydrogen) atoms. The van der Waals surface area contributed by atoms with Gasteiger partial charge in [0.05, 0.1) is 0 Å². The monoisotopic (exact) mass is 231 g/mol. The fraction of sp³-hybridized carbons (Fsp3) is 0.143. The van der Waals surface area contributed by atoms with Crippen molar-refractivity contribution in [3.8, 4) is 0 Å². The van der Waals surface area contributed by atoms with E-state index < -0.39 is 6.70 Å². The number of halogens is 2. The van der Waals surface area contributed by atoms with Crippen molar-refractivity contribution in [3.05, 3.63) is 59.7 Å². The predicted octanol–water partition coefficient (Wildman–Crippen LogP) is 2.80. The van der Waals surface area contributed by atoms with Gasteiger partial charge in [-0.25, -0.2) is 0 Å². The Morgan fingerprint density at radius 3 is 1.24 bits per heavy atom. The zero-order valence-electron chi connectivity index (χ0n) is 9.95. The average Bonchev–Trinajstić information content (AvgIpc) is 2.30. The molecule has 0 N–H and O–H groups in total. The fourth-order valence-corrected chi connectivity index (χ4v) is 1.81. The number of rotatable bonds is 2. The Balaban J connectivity index is 2.41. The molecule has 0 unspecified atom stereocenters. The van der Waals surface area contributed by atoms with Gasteiger partial charge in [-0.2, -0.15) is 0 Å². The Kier molecular flexibility index (Phi) is 3.01. The maximum Gasteiger partial charge on any atom is 0.361 e. The van der Waals surface area contributed by atoms with Gasteiger partial charge in [-0.1, -0.05) is 59.7 Å². The van der Waals surface area contributed by atoms with E-state index in [9.17, 15) is 8.63 Å². The van der Waals surface area contributed by atoms with Crippen molar-refractivity contribution < 1.29 is 8.63 Å². The van der Waals surface area contributed by atoms with Gasteiger partial charge in [0.15, 0.2) is 0 Å². The molecule has 0 aliphatic rings. The highest BCUT2D eigenvalue weighted by Crippen LogP contribution is 2.10. The molecule has 0 fully saturated rings. The van der Waals surface area contributed by atoms with Crippen LogP contribution in [0.25, 0.3) is 0 Å². The number of aryl methyl sites for hydroxylation is 2. The molecular formula is C14H14BF2-. The van der Waals surface area contributed by atoms with Crippen molar-refractivity contribution in [3.63, 3.8) is 0 Å². The summed E-state index contributed by atoms with van der Waals surface area (Å²) in [4.78, 5) is 0. The minimum Gasteiger partial charge on any atom is -0.469 e. The van der Waals surface area contributed by atoms with Crippen LogP contribution in [0.5, 0.6) is 0 Å². The summed E-state index contributed by atoms with van der Waals surface area (Å²) in [6.45, 7) is 0.143. The first-order valence-corrected chi connectivity index (χ1v) is 5.66. The van der Waals surface area contributed by atoms with E-state index in [-0.39, 0.29) is 10.9 Å². The smallest absolute Gasteiger partial charge is 0.361 e. The first kappa shape index (κ1) is 11.8. The van der Waals surface area contributed by atoms with Crippen LogP contribution in [0.1, 0.15) is 11.1 Å². The van der Waals surface area contributed by atoms with E-state index in [0.717, 1.165) is 11.1 Å². The Labute approximate surface area is 100 Å². The Bertz CT molecular complexity index is 453. The van der Waals surface area contributed by atoms with Gasteiger partial charge in [0.2, 0.25) is 0 Å². The lowest BCUT2D eigenvalue weighted by molar-refractivity contribution is 0.654. The lowest BCUT2D eigenvalue weighted by atomic mass is 9.53. The molecule has 88 valence electrons. The van der Waals surface area contributed by atoms with E-state index in [4.69, 9.17) is 0 Å². The lowest BCUT2D eigenvalue weighted by Crippen LogP contribution is -2.50. The van der Waals surface area contributed by atoms with Crippen molar-refractivity contribution in [1.29, 1.82) is 0 Å². The molecule has 2 rings (SSSR count). The van der Waals surface area contributed by atoms with Gasteiger partial charge in [0.1, 0.15) is 0 Å². The van der Waals surface area contributed by atoms with E-state index >= 15 is 0 Å². The van der Waals surface area contributed by atoms with E-state index in [1.165, 1.54) is 24.3 Å². The standard InChI is InChI=1S/C14H14BF2/c1-11-3-7-13(8-4-11)15(16,17)14-9-5-12(2)6-10-14/h3-10H,1-2H3/q-1. The Morgan fingerprint density at radius 1 is 0.647 bits per heavy atom. The van der Waals surface area contributed by atoms with Gasteiger partial charge >= 0.3 is 6.70 Å². The maximum atomic E-state index is 14.2. The molecule has 0 aromatic heterocycles. The van der Waals surface area contributed by atoms with Crippen LogP contribution in [-0.4, -0.2) is 6.70 Å². The summed E-state index contributed by atoms with van der Waals surface area (Å²) in [6.07, 6.45) is 0. The molecule has 0 bridgehead atoms. The quantitative estimate of drug-likeness (QED) is 0.697. The highest BCUT2D eigenvalue weighted by Gasteiger charge is 2.27. The van der Waals surface area contributed by atoms with Crippen molar-refractivity contribution in [1.82, 2.24) is 0 Å². The van der Waals surface area contributed by atoms with Crippen LogP contribution in [0.15, 0.2) is 48.5 Å². The summed E-state index contributed by atoms with van der Waals surface area (Å²) >= 11 is 0. The molecule has 0 spiro atoms. The topological polar surface area (TPSA) is 0 Å². The van der Waals surface area contributed by atoms with Crippen molar-refractivity contribution in [2.24, 2.45) is 0 Å². The van der Waals surface area contributed by atoms with Crippen LogP contribution in [0.3, 0.4) is 0 Å². The molecule has 2 aromatic rings. The average molecular weight is 231 g/mol. The van der Waals surface area contributed by atoms with Crippen LogP contribution in [0, 0.1) is 13.8 Å². The molecule has 2 aromatic carbocycles. The summed E-state index contributed by atoms with van der Waals surface area (Å²) in [5, 5.41) is 0. The molecule has 0 nitrogen and oxygen atoms in total. The van der Waals surface area contributed by atoms with Gasteiger partial charge in [-0.3, -0.25) is 0 Å². The molecule has 0 atom stereocenters. The van der Waals surface area contributed by atoms with E-state index in [1.54, 1.807) is 24.3 Å². The van der Waals surface area contributed by atoms with E-state index in [2.05, 4.69) is 0 Å². The second kappa shape index (κ2) is 4.32. The van der Waals surface area contributed by atoms with Crippen LogP contribution >= 0.6 is 0 Å². The van der Waals surface area contributed by atoms with E-state index in [1.807, 2.05) is 13.8 Å². The van der Waals surface area contributed by atoms with Gasteiger partial charge in [0.25, 0.3) is 0 Å². The molecule has 0 aliphatic carbocycles. The lowest BCUT2D eigenvalue weighted by Gasteiger charge is -2.26. The molecule has 0 radical (unpaired) electrons. The highest BCUT2D eigenvalue weighted by molar-refractivity contribution is 6.91. The van der Waals surface area contributed by atoms with Gasteiger partial charge < -0.3 is 8.63 Å². The van der Waals surface area contributed by atoms with Crippen molar-refractivity contribution in [2.75, 3.05) is 0 Å². The molecular weight excluding hydrogens is 217 g/mol. The van der Waals surface area contributed by atoms with Crippen LogP contribution in [0.4, 0.5) is 8.63 Å². The fourth-order valence-electron chi connectivity index (χ4n) is 1.81. The number of hydrogen-bond donors (Lipinski definition) is 0. The molecule has 0 saturated carbocycles. The second-order valence-corrected chi connectivity index (χ2v) is 4.48. The Hall–Kier alpha value is -1.64. The first-order valence-electron chi connectivity index (χ1n) is 5.66. The van der Waals surface area contributed by atoms with Crippen molar-refractivity contribution in [2.45, 2.75) is 13.8 Å². The third-order valence-corrected chi connectivity index (χ3v) is 2.99. The zero-order valence-corrected chi connectivity index (χ0v) is 9.95. The minimum atomic E-state index is -3.64. The van der Waals surface area contributed by atoms with Gasteiger partial charge in [-0.15, -0.1) is 10.9 Å². The maximum absolute atomic E-state index is 14.2. The summed E-state index contributed by atoms with van der Waals surface area (Å²) in [7, 11) is 0. The molecule has 0 amide bonds. The molecule has 0 aliphatic heterocycles. The predicted molar refractivity (Wildman–Crippen MR) is 69.6 cm³/mol. The largest absolute Gasteiger partial charge is 0.469 e. The Morgan fingerprint density at radius 2 is 0.941 bits per heavy atom. The highest BCUT2D eigenvalue weighted by atomic mass is 19.2. The van der Waals surface area contributed by atoms with Crippen LogP contribution < -0.4 is 10.9 Å². The normalized spacial score (nSPS) is 11.5. The SMILES string of the molecule is Cc1ccc([B-](F)(F)c2ccc(C)cc2)cc1. The van der Waals surface area contributed by atoms with Crippen LogP contribution in [0.2, 0.25) is 0 Å². The third kappa shape index (κ3) is 2.38. The number of benzene rings is 2. The summed E-state index contributed by atoms with van der Waals surface area (Å²) < 4.78 is 28.4. The molecule has 3 heteroatoms. The molecule has 0 heterocycles. The summed E-state index contributed by atoms with van der Waals surface area (Å²) in [5.74, 6) is 0. The van der Waals surface area contributed by atoms with Crippen molar-refractivity contribution >= 4 is 17.6 Å². The zero-order chi connectivity index (χ0) is 12.5. The second-order valence-electron chi connectivity index (χ2n) is 4.48. The third-order valence-electron chi connectivity index (χ3n) is 2.99. The van der Waals surface area contributed by atoms with E-state index in [0.29, 0.717) is 0 Å². The van der Waals surface area contributed by atoms with Crippen LogP contribution in [-0.2, 0) is 0 Å². The summed E-state index contributed by atoms with van der Waals surface area (Å²) in [6, 6.07) is 12.9. The van der Waals surface area contributed by atoms with Gasteiger partial charge in [-0.05, 0) is 13.8 Å². The van der Waals surface area contributed by atoms with Gasteiger partial charge in [0, 0.05) is 0 Å². The minimum absolute atomic E-state index is 0.0967. The summed E-state index contributed by atoms with van der Waals surface area (Å²) in [5.41, 5.74) is 2.17. The molecule has 0 saturated heterocycles. The number of hydrogen-bond acceptors (Lipinski definition) is 0. The first-order chi connectivity index (χ1) is 8.00.